The molecular formula is C21H23N5O2S. The highest BCUT2D eigenvalue weighted by molar-refractivity contribution is 7.99. The summed E-state index contributed by atoms with van der Waals surface area (Å²) in [6.45, 7) is 6.29. The van der Waals surface area contributed by atoms with Gasteiger partial charge in [-0.1, -0.05) is 13.8 Å². The van der Waals surface area contributed by atoms with Gasteiger partial charge in [-0.2, -0.15) is 5.26 Å². The lowest BCUT2D eigenvalue weighted by molar-refractivity contribution is -0.129. The Morgan fingerprint density at radius 3 is 2.86 bits per heavy atom. The SMILES string of the molecule is CC1(C)CN(c2ccc3nccc(C(=O)NCC(=O)N4CSC[C@H]4C#N)c3c2)C1. The molecule has 2 aliphatic heterocycles. The number of carbonyl (C=O) groups is 2. The normalized spacial score (nSPS) is 20.2. The van der Waals surface area contributed by atoms with Crippen molar-refractivity contribution in [3.63, 3.8) is 0 Å². The van der Waals surface area contributed by atoms with Crippen molar-refractivity contribution >= 4 is 40.2 Å². The number of benzene rings is 1. The predicted molar refractivity (Wildman–Crippen MR) is 114 cm³/mol. The number of nitrogens with one attached hydrogen (secondary N) is 1. The lowest BCUT2D eigenvalue weighted by Crippen LogP contribution is -2.53. The van der Waals surface area contributed by atoms with Crippen molar-refractivity contribution in [3.05, 3.63) is 36.0 Å². The van der Waals surface area contributed by atoms with Crippen LogP contribution in [-0.4, -0.2) is 59.0 Å². The number of thioether (sulfide) groups is 1. The Bertz CT molecular complexity index is 1010. The summed E-state index contributed by atoms with van der Waals surface area (Å²) in [5.74, 6) is 0.547. The standard InChI is InChI=1S/C21H23N5O2S/c1-21(2)11-25(12-21)14-3-4-18-17(7-14)16(5-6-23-18)20(28)24-9-19(27)26-13-29-10-15(26)8-22/h3-7,15H,9-13H2,1-2H3,(H,24,28)/t15-/m1/s1. The first-order chi connectivity index (χ1) is 13.9. The Labute approximate surface area is 174 Å². The minimum absolute atomic E-state index is 0.124. The number of nitriles is 1. The Morgan fingerprint density at radius 1 is 1.34 bits per heavy atom. The lowest BCUT2D eigenvalue weighted by Gasteiger charge is -2.47. The van der Waals surface area contributed by atoms with Gasteiger partial charge in [-0.15, -0.1) is 11.8 Å². The van der Waals surface area contributed by atoms with Crippen LogP contribution in [0.25, 0.3) is 10.9 Å². The van der Waals surface area contributed by atoms with Gasteiger partial charge in [0.2, 0.25) is 5.91 Å². The van der Waals surface area contributed by atoms with Gasteiger partial charge in [0.1, 0.15) is 6.04 Å². The summed E-state index contributed by atoms with van der Waals surface area (Å²) < 4.78 is 0. The number of fused-ring (bicyclic) bond motifs is 1. The van der Waals surface area contributed by atoms with Crippen molar-refractivity contribution in [1.82, 2.24) is 15.2 Å². The Balaban J connectivity index is 1.50. The Kier molecular flexibility index (Phi) is 5.09. The van der Waals surface area contributed by atoms with E-state index in [1.165, 1.54) is 4.90 Å². The molecule has 7 nitrogen and oxygen atoms in total. The highest BCUT2D eigenvalue weighted by Crippen LogP contribution is 2.35. The number of hydrogen-bond donors (Lipinski definition) is 1. The average Bonchev–Trinajstić information content (AvgIpc) is 3.18. The fourth-order valence-electron chi connectivity index (χ4n) is 3.85. The van der Waals surface area contributed by atoms with Gasteiger partial charge in [0, 0.05) is 36.1 Å². The second-order valence-electron chi connectivity index (χ2n) is 8.27. The molecule has 0 aliphatic carbocycles. The van der Waals surface area contributed by atoms with Crippen molar-refractivity contribution in [2.45, 2.75) is 19.9 Å². The third-order valence-electron chi connectivity index (χ3n) is 5.32. The van der Waals surface area contributed by atoms with Gasteiger partial charge in [0.25, 0.3) is 5.91 Å². The molecule has 3 heterocycles. The maximum Gasteiger partial charge on any atom is 0.252 e. The van der Waals surface area contributed by atoms with E-state index in [0.717, 1.165) is 29.7 Å². The zero-order valence-electron chi connectivity index (χ0n) is 16.5. The summed E-state index contributed by atoms with van der Waals surface area (Å²) in [6, 6.07) is 9.34. The van der Waals surface area contributed by atoms with E-state index in [1.54, 1.807) is 24.0 Å². The van der Waals surface area contributed by atoms with E-state index < -0.39 is 6.04 Å². The fourth-order valence-corrected chi connectivity index (χ4v) is 4.95. The summed E-state index contributed by atoms with van der Waals surface area (Å²) in [4.78, 5) is 33.4. The first-order valence-electron chi connectivity index (χ1n) is 9.57. The first-order valence-corrected chi connectivity index (χ1v) is 10.7. The molecule has 2 saturated heterocycles. The highest BCUT2D eigenvalue weighted by atomic mass is 32.2. The van der Waals surface area contributed by atoms with Crippen molar-refractivity contribution in [2.75, 3.05) is 36.2 Å². The molecule has 8 heteroatoms. The van der Waals surface area contributed by atoms with Crippen LogP contribution in [0.15, 0.2) is 30.5 Å². The van der Waals surface area contributed by atoms with Crippen LogP contribution >= 0.6 is 11.8 Å². The molecule has 1 N–H and O–H groups in total. The average molecular weight is 410 g/mol. The number of carbonyl (C=O) groups excluding carboxylic acids is 2. The van der Waals surface area contributed by atoms with Crippen LogP contribution in [0.4, 0.5) is 5.69 Å². The minimum Gasteiger partial charge on any atom is -0.370 e. The smallest absolute Gasteiger partial charge is 0.252 e. The molecule has 2 aliphatic rings. The zero-order valence-corrected chi connectivity index (χ0v) is 17.3. The number of aromatic nitrogens is 1. The third kappa shape index (κ3) is 3.87. The molecule has 2 aromatic rings. The van der Waals surface area contributed by atoms with E-state index in [9.17, 15) is 9.59 Å². The van der Waals surface area contributed by atoms with Gasteiger partial charge in [0.15, 0.2) is 0 Å². The van der Waals surface area contributed by atoms with E-state index >= 15 is 0 Å². The van der Waals surface area contributed by atoms with Crippen LogP contribution < -0.4 is 10.2 Å². The molecule has 0 unspecified atom stereocenters. The minimum atomic E-state index is -0.422. The molecule has 1 aromatic heterocycles. The molecule has 2 amide bonds. The van der Waals surface area contributed by atoms with Crippen LogP contribution in [0.5, 0.6) is 0 Å². The summed E-state index contributed by atoms with van der Waals surface area (Å²) in [6.07, 6.45) is 1.61. The highest BCUT2D eigenvalue weighted by Gasteiger charge is 2.34. The number of rotatable bonds is 4. The molecule has 29 heavy (non-hydrogen) atoms. The predicted octanol–water partition coefficient (Wildman–Crippen LogP) is 2.24. The van der Waals surface area contributed by atoms with Crippen LogP contribution in [0.3, 0.4) is 0 Å². The number of nitrogens with zero attached hydrogens (tertiary/aromatic N) is 4. The van der Waals surface area contributed by atoms with Crippen LogP contribution in [0.2, 0.25) is 0 Å². The van der Waals surface area contributed by atoms with Gasteiger partial charge < -0.3 is 15.1 Å². The maximum atomic E-state index is 12.8. The monoisotopic (exact) mass is 409 g/mol. The Hall–Kier alpha value is -2.79. The van der Waals surface area contributed by atoms with E-state index in [0.29, 0.717) is 22.6 Å². The van der Waals surface area contributed by atoms with Crippen LogP contribution in [-0.2, 0) is 4.79 Å². The zero-order chi connectivity index (χ0) is 20.6. The molecule has 1 atom stereocenters. The lowest BCUT2D eigenvalue weighted by atomic mass is 9.84. The van der Waals surface area contributed by atoms with Crippen molar-refractivity contribution in [2.24, 2.45) is 5.41 Å². The maximum absolute atomic E-state index is 12.8. The third-order valence-corrected chi connectivity index (χ3v) is 6.34. The number of hydrogen-bond acceptors (Lipinski definition) is 6. The molecular weight excluding hydrogens is 386 g/mol. The van der Waals surface area contributed by atoms with Crippen LogP contribution in [0, 0.1) is 16.7 Å². The van der Waals surface area contributed by atoms with Crippen molar-refractivity contribution < 1.29 is 9.59 Å². The van der Waals surface area contributed by atoms with Gasteiger partial charge in [-0.05, 0) is 29.7 Å². The van der Waals surface area contributed by atoms with Gasteiger partial charge in [-0.3, -0.25) is 14.6 Å². The Morgan fingerprint density at radius 2 is 2.14 bits per heavy atom. The summed E-state index contributed by atoms with van der Waals surface area (Å²) in [5, 5.41) is 12.6. The second kappa shape index (κ2) is 7.56. The second-order valence-corrected chi connectivity index (χ2v) is 9.27. The van der Waals surface area contributed by atoms with E-state index in [-0.39, 0.29) is 18.4 Å². The van der Waals surface area contributed by atoms with Gasteiger partial charge >= 0.3 is 0 Å². The summed E-state index contributed by atoms with van der Waals surface area (Å²) >= 11 is 1.54. The van der Waals surface area contributed by atoms with Crippen LogP contribution in [0.1, 0.15) is 24.2 Å². The molecule has 2 fully saturated rings. The first kappa shape index (κ1) is 19.5. The van der Waals surface area contributed by atoms with E-state index in [2.05, 4.69) is 35.1 Å². The molecule has 1 aromatic carbocycles. The van der Waals surface area contributed by atoms with Crippen molar-refractivity contribution in [3.8, 4) is 6.07 Å². The molecule has 0 spiro atoms. The van der Waals surface area contributed by atoms with Gasteiger partial charge in [0.05, 0.1) is 29.6 Å². The van der Waals surface area contributed by atoms with Crippen molar-refractivity contribution in [1.29, 1.82) is 5.26 Å². The molecule has 0 radical (unpaired) electrons. The summed E-state index contributed by atoms with van der Waals surface area (Å²) in [7, 11) is 0. The van der Waals surface area contributed by atoms with E-state index in [1.807, 2.05) is 18.2 Å². The molecule has 150 valence electrons. The molecule has 4 rings (SSSR count). The van der Waals surface area contributed by atoms with E-state index in [4.69, 9.17) is 5.26 Å². The molecule has 0 saturated carbocycles. The number of pyridine rings is 1. The number of amides is 2. The number of anilines is 1. The largest absolute Gasteiger partial charge is 0.370 e. The quantitative estimate of drug-likeness (QED) is 0.833. The summed E-state index contributed by atoms with van der Waals surface area (Å²) in [5.41, 5.74) is 2.62. The topological polar surface area (TPSA) is 89.3 Å². The fraction of sp³-hybridized carbons (Fsp3) is 0.429. The molecule has 0 bridgehead atoms. The van der Waals surface area contributed by atoms with Gasteiger partial charge in [-0.25, -0.2) is 0 Å².